The summed E-state index contributed by atoms with van der Waals surface area (Å²) in [7, 11) is 0. The molecular weight excluding hydrogens is 267 g/mol. The fraction of sp³-hybridized carbons (Fsp3) is 0.647. The second-order valence-corrected chi connectivity index (χ2v) is 5.89. The van der Waals surface area contributed by atoms with Crippen LogP contribution in [0.5, 0.6) is 0 Å². The Bertz CT molecular complexity index is 421. The molecule has 118 valence electrons. The van der Waals surface area contributed by atoms with Crippen LogP contribution in [-0.2, 0) is 11.2 Å². The number of hydrazine groups is 1. The molecule has 1 aromatic rings. The summed E-state index contributed by atoms with van der Waals surface area (Å²) in [5, 5.41) is 0. The van der Waals surface area contributed by atoms with Crippen LogP contribution >= 0.6 is 0 Å². The fourth-order valence-corrected chi connectivity index (χ4v) is 3.41. The molecule has 1 aliphatic rings. The van der Waals surface area contributed by atoms with Crippen molar-refractivity contribution in [3.63, 3.8) is 0 Å². The molecule has 0 amide bonds. The monoisotopic (exact) mass is 294 g/mol. The lowest BCUT2D eigenvalue weighted by Crippen LogP contribution is -2.50. The van der Waals surface area contributed by atoms with E-state index in [4.69, 9.17) is 10.6 Å². The van der Waals surface area contributed by atoms with Crippen LogP contribution in [-0.4, -0.2) is 18.8 Å². The van der Waals surface area contributed by atoms with Gasteiger partial charge in [-0.25, -0.2) is 4.39 Å². The van der Waals surface area contributed by atoms with E-state index in [1.807, 2.05) is 19.1 Å². The van der Waals surface area contributed by atoms with Gasteiger partial charge in [-0.15, -0.1) is 0 Å². The van der Waals surface area contributed by atoms with Gasteiger partial charge in [0.25, 0.3) is 0 Å². The number of benzene rings is 1. The summed E-state index contributed by atoms with van der Waals surface area (Å²) >= 11 is 0. The van der Waals surface area contributed by atoms with Gasteiger partial charge in [-0.05, 0) is 43.7 Å². The van der Waals surface area contributed by atoms with Gasteiger partial charge in [0.05, 0.1) is 12.1 Å². The number of nitrogens with one attached hydrogen (secondary N) is 1. The fourth-order valence-electron chi connectivity index (χ4n) is 3.41. The minimum atomic E-state index is -0.170. The Morgan fingerprint density at radius 3 is 2.62 bits per heavy atom. The molecule has 1 aliphatic carbocycles. The molecule has 0 spiro atoms. The molecule has 2 rings (SSSR count). The number of ether oxygens (including phenoxy) is 1. The van der Waals surface area contributed by atoms with E-state index in [0.29, 0.717) is 24.5 Å². The molecule has 1 aromatic carbocycles. The van der Waals surface area contributed by atoms with Gasteiger partial charge in [-0.2, -0.15) is 0 Å². The van der Waals surface area contributed by atoms with Crippen molar-refractivity contribution in [2.75, 3.05) is 6.61 Å². The van der Waals surface area contributed by atoms with Gasteiger partial charge in [-0.1, -0.05) is 37.5 Å². The van der Waals surface area contributed by atoms with Gasteiger partial charge < -0.3 is 4.74 Å². The van der Waals surface area contributed by atoms with Crippen molar-refractivity contribution in [3.05, 3.63) is 35.6 Å². The van der Waals surface area contributed by atoms with E-state index in [1.54, 1.807) is 6.07 Å². The smallest absolute Gasteiger partial charge is 0.126 e. The zero-order valence-electron chi connectivity index (χ0n) is 12.9. The Kier molecular flexibility index (Phi) is 6.61. The summed E-state index contributed by atoms with van der Waals surface area (Å²) in [4.78, 5) is 0. The molecule has 1 fully saturated rings. The molecule has 3 nitrogen and oxygen atoms in total. The summed E-state index contributed by atoms with van der Waals surface area (Å²) in [5.74, 6) is 6.11. The number of halogens is 1. The molecule has 0 saturated heterocycles. The maximum absolute atomic E-state index is 13.9. The first kappa shape index (κ1) is 16.4. The van der Waals surface area contributed by atoms with Crippen molar-refractivity contribution in [2.45, 2.75) is 57.6 Å². The number of hydrogen-bond donors (Lipinski definition) is 2. The minimum absolute atomic E-state index is 0.0510. The molecule has 0 aromatic heterocycles. The zero-order valence-corrected chi connectivity index (χ0v) is 12.9. The van der Waals surface area contributed by atoms with E-state index in [9.17, 15) is 4.39 Å². The lowest BCUT2D eigenvalue weighted by atomic mass is 9.81. The van der Waals surface area contributed by atoms with Crippen molar-refractivity contribution in [1.82, 2.24) is 5.43 Å². The van der Waals surface area contributed by atoms with Crippen LogP contribution in [0.15, 0.2) is 24.3 Å². The van der Waals surface area contributed by atoms with Crippen molar-refractivity contribution >= 4 is 0 Å². The standard InChI is InChI=1S/C17H27FN2O/c1-2-21-17(13-8-4-3-5-9-13)16(20-19)12-14-10-6-7-11-15(14)18/h6-7,10-11,13,16-17,20H,2-5,8-9,12,19H2,1H3. The average Bonchev–Trinajstić information content (AvgIpc) is 2.53. The minimum Gasteiger partial charge on any atom is -0.377 e. The van der Waals surface area contributed by atoms with E-state index in [1.165, 1.54) is 38.2 Å². The Morgan fingerprint density at radius 1 is 1.29 bits per heavy atom. The number of nitrogens with two attached hydrogens (primary N) is 1. The Balaban J connectivity index is 2.09. The maximum Gasteiger partial charge on any atom is 0.126 e. The molecule has 0 radical (unpaired) electrons. The van der Waals surface area contributed by atoms with Gasteiger partial charge in [0.1, 0.15) is 5.82 Å². The van der Waals surface area contributed by atoms with Crippen LogP contribution in [0.2, 0.25) is 0 Å². The highest BCUT2D eigenvalue weighted by molar-refractivity contribution is 5.18. The van der Waals surface area contributed by atoms with Crippen LogP contribution in [0.4, 0.5) is 4.39 Å². The number of rotatable bonds is 7. The summed E-state index contributed by atoms with van der Waals surface area (Å²) in [6, 6.07) is 6.85. The van der Waals surface area contributed by atoms with E-state index >= 15 is 0 Å². The highest BCUT2D eigenvalue weighted by Crippen LogP contribution is 2.30. The first-order valence-electron chi connectivity index (χ1n) is 8.07. The third-order valence-electron chi connectivity index (χ3n) is 4.48. The molecule has 1 saturated carbocycles. The van der Waals surface area contributed by atoms with Gasteiger partial charge in [0.2, 0.25) is 0 Å². The van der Waals surface area contributed by atoms with Crippen LogP contribution in [0, 0.1) is 11.7 Å². The summed E-state index contributed by atoms with van der Waals surface area (Å²) in [6.45, 7) is 2.67. The molecule has 4 heteroatoms. The quantitative estimate of drug-likeness (QED) is 0.600. The van der Waals surface area contributed by atoms with Crippen molar-refractivity contribution in [3.8, 4) is 0 Å². The largest absolute Gasteiger partial charge is 0.377 e. The summed E-state index contributed by atoms with van der Waals surface area (Å²) < 4.78 is 19.8. The molecule has 3 N–H and O–H groups in total. The van der Waals surface area contributed by atoms with Crippen LogP contribution < -0.4 is 11.3 Å². The van der Waals surface area contributed by atoms with Crippen LogP contribution in [0.1, 0.15) is 44.6 Å². The molecular formula is C17H27FN2O. The summed E-state index contributed by atoms with van der Waals surface area (Å²) in [6.07, 6.45) is 6.80. The Hall–Kier alpha value is -0.970. The lowest BCUT2D eigenvalue weighted by molar-refractivity contribution is -0.0176. The van der Waals surface area contributed by atoms with Gasteiger partial charge >= 0.3 is 0 Å². The third kappa shape index (κ3) is 4.50. The van der Waals surface area contributed by atoms with Gasteiger partial charge in [0.15, 0.2) is 0 Å². The predicted molar refractivity (Wildman–Crippen MR) is 83.2 cm³/mol. The normalized spacial score (nSPS) is 19.4. The van der Waals surface area contributed by atoms with E-state index < -0.39 is 0 Å². The number of hydrogen-bond acceptors (Lipinski definition) is 3. The van der Waals surface area contributed by atoms with Crippen LogP contribution in [0.3, 0.4) is 0 Å². The summed E-state index contributed by atoms with van der Waals surface area (Å²) in [5.41, 5.74) is 3.56. The Labute approximate surface area is 127 Å². The topological polar surface area (TPSA) is 47.3 Å². The first-order chi connectivity index (χ1) is 10.3. The van der Waals surface area contributed by atoms with Crippen molar-refractivity contribution in [2.24, 2.45) is 11.8 Å². The van der Waals surface area contributed by atoms with E-state index in [0.717, 1.165) is 0 Å². The van der Waals surface area contributed by atoms with Crippen LogP contribution in [0.25, 0.3) is 0 Å². The Morgan fingerprint density at radius 2 is 2.00 bits per heavy atom. The second kappa shape index (κ2) is 8.47. The van der Waals surface area contributed by atoms with E-state index in [-0.39, 0.29) is 18.0 Å². The van der Waals surface area contributed by atoms with Gasteiger partial charge in [0, 0.05) is 6.61 Å². The van der Waals surface area contributed by atoms with E-state index in [2.05, 4.69) is 5.43 Å². The van der Waals surface area contributed by atoms with Crippen molar-refractivity contribution < 1.29 is 9.13 Å². The van der Waals surface area contributed by atoms with Gasteiger partial charge in [-0.3, -0.25) is 11.3 Å². The predicted octanol–water partition coefficient (Wildman–Crippen LogP) is 3.19. The van der Waals surface area contributed by atoms with Crippen molar-refractivity contribution in [1.29, 1.82) is 0 Å². The highest BCUT2D eigenvalue weighted by Gasteiger charge is 2.31. The molecule has 2 unspecified atom stereocenters. The first-order valence-corrected chi connectivity index (χ1v) is 8.07. The maximum atomic E-state index is 13.9. The highest BCUT2D eigenvalue weighted by atomic mass is 19.1. The average molecular weight is 294 g/mol. The molecule has 21 heavy (non-hydrogen) atoms. The molecule has 0 aliphatic heterocycles. The molecule has 0 heterocycles. The lowest BCUT2D eigenvalue weighted by Gasteiger charge is -2.35. The third-order valence-corrected chi connectivity index (χ3v) is 4.48. The second-order valence-electron chi connectivity index (χ2n) is 5.89. The zero-order chi connectivity index (χ0) is 15.1. The SMILES string of the molecule is CCOC(C1CCCCC1)C(Cc1ccccc1F)NN. The molecule has 0 bridgehead atoms. The molecule has 2 atom stereocenters.